The highest BCUT2D eigenvalue weighted by Gasteiger charge is 2.50. The van der Waals surface area contributed by atoms with Crippen LogP contribution in [0.5, 0.6) is 0 Å². The van der Waals surface area contributed by atoms with E-state index in [1.54, 1.807) is 15.9 Å². The summed E-state index contributed by atoms with van der Waals surface area (Å²) < 4.78 is 36.2. The number of halogens is 5. The van der Waals surface area contributed by atoms with E-state index in [9.17, 15) is 13.2 Å². The summed E-state index contributed by atoms with van der Waals surface area (Å²) >= 11 is 6.30. The molecule has 0 aliphatic carbocycles. The van der Waals surface area contributed by atoms with Gasteiger partial charge in [-0.3, -0.25) is 0 Å². The summed E-state index contributed by atoms with van der Waals surface area (Å²) in [4.78, 5) is -3.89. The third-order valence-electron chi connectivity index (χ3n) is 0.662. The number of aliphatic hydroxyl groups is 1. The number of aliphatic hydroxyl groups excluding tert-OH is 1. The van der Waals surface area contributed by atoms with Gasteiger partial charge in [0.25, 0.3) is 5.13 Å². The van der Waals surface area contributed by atoms with Crippen molar-refractivity contribution in [2.75, 3.05) is 0 Å². The highest BCUT2D eigenvalue weighted by atomic mass is 79.9. The standard InChI is InChI=1S/C4H3BrClF3O/c5-4(8,9)3(6,7)1-2-10/h1-2,10H. The Morgan fingerprint density at radius 3 is 1.90 bits per heavy atom. The van der Waals surface area contributed by atoms with E-state index < -0.39 is 9.96 Å². The van der Waals surface area contributed by atoms with Gasteiger partial charge in [-0.15, -0.1) is 0 Å². The van der Waals surface area contributed by atoms with E-state index in [4.69, 9.17) is 5.11 Å². The third kappa shape index (κ3) is 2.38. The Labute approximate surface area is 68.6 Å². The molecule has 0 aromatic carbocycles. The molecule has 0 aromatic rings. The molecule has 1 unspecified atom stereocenters. The first-order valence-electron chi connectivity index (χ1n) is 2.08. The predicted molar refractivity (Wildman–Crippen MR) is 35.3 cm³/mol. The monoisotopic (exact) mass is 238 g/mol. The Morgan fingerprint density at radius 1 is 1.40 bits per heavy atom. The third-order valence-corrected chi connectivity index (χ3v) is 1.83. The van der Waals surface area contributed by atoms with Crippen molar-refractivity contribution in [3.05, 3.63) is 12.3 Å². The van der Waals surface area contributed by atoms with Crippen molar-refractivity contribution in [2.24, 2.45) is 0 Å². The van der Waals surface area contributed by atoms with Gasteiger partial charge < -0.3 is 5.11 Å². The molecule has 0 saturated carbocycles. The SMILES string of the molecule is OC=CC(F)(Cl)C(F)(F)Br. The summed E-state index contributed by atoms with van der Waals surface area (Å²) in [5.74, 6) is 0. The van der Waals surface area contributed by atoms with E-state index in [2.05, 4.69) is 11.6 Å². The molecule has 0 fully saturated rings. The average molecular weight is 239 g/mol. The van der Waals surface area contributed by atoms with Crippen LogP contribution in [0, 0.1) is 0 Å². The molecule has 0 saturated heterocycles. The highest BCUT2D eigenvalue weighted by Crippen LogP contribution is 2.42. The topological polar surface area (TPSA) is 20.2 Å². The molecular weight excluding hydrogens is 236 g/mol. The van der Waals surface area contributed by atoms with Crippen LogP contribution >= 0.6 is 27.5 Å². The molecular formula is C4H3BrClF3O. The maximum atomic E-state index is 12.3. The number of rotatable bonds is 2. The van der Waals surface area contributed by atoms with Crippen molar-refractivity contribution >= 4 is 27.5 Å². The quantitative estimate of drug-likeness (QED) is 0.580. The van der Waals surface area contributed by atoms with Crippen LogP contribution in [-0.4, -0.2) is 15.1 Å². The molecule has 6 heteroatoms. The van der Waals surface area contributed by atoms with Crippen molar-refractivity contribution in [3.63, 3.8) is 0 Å². The molecule has 0 amide bonds. The molecule has 0 heterocycles. The first-order valence-corrected chi connectivity index (χ1v) is 3.25. The molecule has 0 spiro atoms. The van der Waals surface area contributed by atoms with Gasteiger partial charge >= 0.3 is 4.83 Å². The largest absolute Gasteiger partial charge is 0.516 e. The van der Waals surface area contributed by atoms with Crippen LogP contribution in [0.2, 0.25) is 0 Å². The maximum Gasteiger partial charge on any atom is 0.352 e. The Bertz CT molecular complexity index is 142. The van der Waals surface area contributed by atoms with Gasteiger partial charge in [0.1, 0.15) is 0 Å². The van der Waals surface area contributed by atoms with Gasteiger partial charge in [0, 0.05) is 6.08 Å². The van der Waals surface area contributed by atoms with Gasteiger partial charge in [0.15, 0.2) is 0 Å². The lowest BCUT2D eigenvalue weighted by molar-refractivity contribution is 0.0209. The highest BCUT2D eigenvalue weighted by molar-refractivity contribution is 9.10. The van der Waals surface area contributed by atoms with Gasteiger partial charge in [0.05, 0.1) is 6.26 Å². The zero-order valence-electron chi connectivity index (χ0n) is 4.49. The second-order valence-corrected chi connectivity index (χ2v) is 2.98. The van der Waals surface area contributed by atoms with Crippen molar-refractivity contribution in [2.45, 2.75) is 9.96 Å². The van der Waals surface area contributed by atoms with Gasteiger partial charge in [-0.2, -0.15) is 8.78 Å². The molecule has 0 aliphatic rings. The fraction of sp³-hybridized carbons (Fsp3) is 0.500. The van der Waals surface area contributed by atoms with Gasteiger partial charge in [-0.25, -0.2) is 4.39 Å². The van der Waals surface area contributed by atoms with Gasteiger partial charge in [0.2, 0.25) is 0 Å². The summed E-state index contributed by atoms with van der Waals surface area (Å²) in [5.41, 5.74) is 0. The predicted octanol–water partition coefficient (Wildman–Crippen LogP) is 2.95. The second-order valence-electron chi connectivity index (χ2n) is 1.44. The summed E-state index contributed by atoms with van der Waals surface area (Å²) in [5, 5.41) is 4.52. The molecule has 1 nitrogen and oxygen atoms in total. The maximum absolute atomic E-state index is 12.3. The Balaban J connectivity index is 4.40. The minimum atomic E-state index is -3.89. The number of allylic oxidation sites excluding steroid dienone is 1. The average Bonchev–Trinajstić information content (AvgIpc) is 1.61. The van der Waals surface area contributed by atoms with Crippen LogP contribution in [0.4, 0.5) is 13.2 Å². The minimum absolute atomic E-state index is 0.113. The lowest BCUT2D eigenvalue weighted by Crippen LogP contribution is -2.31. The summed E-state index contributed by atoms with van der Waals surface area (Å²) in [7, 11) is 0. The van der Waals surface area contributed by atoms with E-state index >= 15 is 0 Å². The molecule has 0 aromatic heterocycles. The first kappa shape index (κ1) is 10.1. The van der Waals surface area contributed by atoms with Crippen LogP contribution < -0.4 is 0 Å². The van der Waals surface area contributed by atoms with Gasteiger partial charge in [-0.1, -0.05) is 11.6 Å². The lowest BCUT2D eigenvalue weighted by atomic mass is 10.4. The van der Waals surface area contributed by atoms with Crippen LogP contribution in [0.1, 0.15) is 0 Å². The number of hydrogen-bond donors (Lipinski definition) is 1. The minimum Gasteiger partial charge on any atom is -0.516 e. The van der Waals surface area contributed by atoms with E-state index in [-0.39, 0.29) is 12.3 Å². The number of alkyl halides is 5. The van der Waals surface area contributed by atoms with E-state index in [0.29, 0.717) is 0 Å². The van der Waals surface area contributed by atoms with Crippen molar-refractivity contribution in [1.82, 2.24) is 0 Å². The molecule has 60 valence electrons. The normalized spacial score (nSPS) is 19.3. The summed E-state index contributed by atoms with van der Waals surface area (Å²) in [6, 6.07) is 0. The van der Waals surface area contributed by atoms with Crippen LogP contribution in [-0.2, 0) is 0 Å². The van der Waals surface area contributed by atoms with E-state index in [1.807, 2.05) is 0 Å². The van der Waals surface area contributed by atoms with Crippen LogP contribution in [0.3, 0.4) is 0 Å². The van der Waals surface area contributed by atoms with Crippen molar-refractivity contribution in [1.29, 1.82) is 0 Å². The van der Waals surface area contributed by atoms with E-state index in [0.717, 1.165) is 0 Å². The Morgan fingerprint density at radius 2 is 1.80 bits per heavy atom. The number of hydrogen-bond acceptors (Lipinski definition) is 1. The zero-order chi connectivity index (χ0) is 8.41. The smallest absolute Gasteiger partial charge is 0.352 e. The van der Waals surface area contributed by atoms with Crippen molar-refractivity contribution < 1.29 is 18.3 Å². The summed E-state index contributed by atoms with van der Waals surface area (Å²) in [6.07, 6.45) is 0.242. The van der Waals surface area contributed by atoms with Gasteiger partial charge in [-0.05, 0) is 15.9 Å². The molecule has 0 rings (SSSR count). The Hall–Kier alpha value is 0.1000. The van der Waals surface area contributed by atoms with Crippen molar-refractivity contribution in [3.8, 4) is 0 Å². The molecule has 0 aliphatic heterocycles. The Kier molecular flexibility index (Phi) is 3.03. The lowest BCUT2D eigenvalue weighted by Gasteiger charge is -2.18. The fourth-order valence-corrected chi connectivity index (χ4v) is 0.377. The van der Waals surface area contributed by atoms with Crippen LogP contribution in [0.15, 0.2) is 12.3 Å². The zero-order valence-corrected chi connectivity index (χ0v) is 6.83. The molecule has 10 heavy (non-hydrogen) atoms. The molecule has 1 atom stereocenters. The molecule has 0 bridgehead atoms. The van der Waals surface area contributed by atoms with Crippen LogP contribution in [0.25, 0.3) is 0 Å². The second kappa shape index (κ2) is 3.00. The fourth-order valence-electron chi connectivity index (χ4n) is 0.188. The first-order chi connectivity index (χ1) is 4.31. The molecule has 1 N–H and O–H groups in total. The summed E-state index contributed by atoms with van der Waals surface area (Å²) in [6.45, 7) is 0. The molecule has 0 radical (unpaired) electrons. The van der Waals surface area contributed by atoms with E-state index in [1.165, 1.54) is 0 Å².